The van der Waals surface area contributed by atoms with Crippen LogP contribution in [0.15, 0.2) is 12.4 Å². The minimum absolute atomic E-state index is 0.149. The van der Waals surface area contributed by atoms with E-state index in [9.17, 15) is 0 Å². The summed E-state index contributed by atoms with van der Waals surface area (Å²) in [5.74, 6) is 1.11. The minimum Gasteiger partial charge on any atom is -0.327 e. The first-order valence-electron chi connectivity index (χ1n) is 6.66. The second-order valence-electron chi connectivity index (χ2n) is 4.62. The molecule has 2 atom stereocenters. The summed E-state index contributed by atoms with van der Waals surface area (Å²) in [6.07, 6.45) is 4.00. The van der Waals surface area contributed by atoms with Gasteiger partial charge in [-0.05, 0) is 20.0 Å². The van der Waals surface area contributed by atoms with Crippen LogP contribution in [0.1, 0.15) is 31.6 Å². The first-order chi connectivity index (χ1) is 8.58. The normalized spacial score (nSPS) is 15.0. The van der Waals surface area contributed by atoms with Crippen LogP contribution in [0.5, 0.6) is 0 Å². The zero-order valence-electron chi connectivity index (χ0n) is 12.0. The van der Waals surface area contributed by atoms with Gasteiger partial charge < -0.3 is 10.6 Å². The van der Waals surface area contributed by atoms with Crippen LogP contribution in [0.4, 0.5) is 0 Å². The van der Waals surface area contributed by atoms with E-state index in [1.807, 2.05) is 29.7 Å². The summed E-state index contributed by atoms with van der Waals surface area (Å²) in [7, 11) is 1.95. The third kappa shape index (κ3) is 4.63. The maximum atomic E-state index is 6.09. The fourth-order valence-corrected chi connectivity index (χ4v) is 3.22. The van der Waals surface area contributed by atoms with Crippen LogP contribution in [0.2, 0.25) is 0 Å². The van der Waals surface area contributed by atoms with Gasteiger partial charge in [0, 0.05) is 42.4 Å². The van der Waals surface area contributed by atoms with Gasteiger partial charge in [-0.15, -0.1) is 0 Å². The van der Waals surface area contributed by atoms with E-state index in [0.717, 1.165) is 25.4 Å². The smallest absolute Gasteiger partial charge is 0.0533 e. The largest absolute Gasteiger partial charge is 0.327 e. The molecule has 18 heavy (non-hydrogen) atoms. The van der Waals surface area contributed by atoms with Crippen molar-refractivity contribution in [2.24, 2.45) is 12.8 Å². The molecule has 0 fully saturated rings. The SMILES string of the molecule is CCN(CC)CCSC(c1cnn(C)c1)C(C)N. The van der Waals surface area contributed by atoms with Crippen molar-refractivity contribution in [2.45, 2.75) is 32.1 Å². The quantitative estimate of drug-likeness (QED) is 0.783. The molecule has 1 aromatic heterocycles. The summed E-state index contributed by atoms with van der Waals surface area (Å²) >= 11 is 1.94. The molecule has 0 aliphatic heterocycles. The molecule has 0 radical (unpaired) electrons. The Kier molecular flexibility index (Phi) is 6.75. The van der Waals surface area contributed by atoms with Gasteiger partial charge in [0.25, 0.3) is 0 Å². The van der Waals surface area contributed by atoms with E-state index in [1.165, 1.54) is 5.56 Å². The molecule has 5 heteroatoms. The molecule has 1 aromatic rings. The lowest BCUT2D eigenvalue weighted by Crippen LogP contribution is -2.27. The number of nitrogens with two attached hydrogens (primary N) is 1. The summed E-state index contributed by atoms with van der Waals surface area (Å²) in [6.45, 7) is 9.85. The third-order valence-corrected chi connectivity index (χ3v) is 4.61. The molecule has 104 valence electrons. The Labute approximate surface area is 115 Å². The Balaban J connectivity index is 2.49. The van der Waals surface area contributed by atoms with Crippen molar-refractivity contribution in [1.82, 2.24) is 14.7 Å². The molecule has 4 nitrogen and oxygen atoms in total. The van der Waals surface area contributed by atoms with E-state index < -0.39 is 0 Å². The van der Waals surface area contributed by atoms with Crippen LogP contribution < -0.4 is 5.73 Å². The second-order valence-corrected chi connectivity index (χ2v) is 5.87. The topological polar surface area (TPSA) is 47.1 Å². The number of hydrogen-bond acceptors (Lipinski definition) is 4. The molecule has 0 bridgehead atoms. The van der Waals surface area contributed by atoms with E-state index in [-0.39, 0.29) is 6.04 Å². The van der Waals surface area contributed by atoms with Crippen LogP contribution in [-0.2, 0) is 7.05 Å². The molecule has 1 rings (SSSR count). The van der Waals surface area contributed by atoms with Gasteiger partial charge in [-0.1, -0.05) is 13.8 Å². The van der Waals surface area contributed by atoms with Gasteiger partial charge >= 0.3 is 0 Å². The van der Waals surface area contributed by atoms with Gasteiger partial charge in [0.1, 0.15) is 0 Å². The lowest BCUT2D eigenvalue weighted by molar-refractivity contribution is 0.323. The highest BCUT2D eigenvalue weighted by Crippen LogP contribution is 2.30. The molecular weight excluding hydrogens is 244 g/mol. The van der Waals surface area contributed by atoms with Crippen molar-refractivity contribution < 1.29 is 0 Å². The van der Waals surface area contributed by atoms with Crippen molar-refractivity contribution in [1.29, 1.82) is 0 Å². The lowest BCUT2D eigenvalue weighted by Gasteiger charge is -2.22. The summed E-state index contributed by atoms with van der Waals surface area (Å²) in [5.41, 5.74) is 7.32. The van der Waals surface area contributed by atoms with E-state index in [0.29, 0.717) is 5.25 Å². The molecule has 0 aliphatic rings. The molecule has 0 aliphatic carbocycles. The van der Waals surface area contributed by atoms with Gasteiger partial charge in [-0.25, -0.2) is 0 Å². The highest BCUT2D eigenvalue weighted by molar-refractivity contribution is 7.99. The van der Waals surface area contributed by atoms with Gasteiger partial charge in [-0.2, -0.15) is 16.9 Å². The molecule has 0 saturated heterocycles. The Hall–Kier alpha value is -0.520. The minimum atomic E-state index is 0.149. The first kappa shape index (κ1) is 15.5. The number of aromatic nitrogens is 2. The number of hydrogen-bond donors (Lipinski definition) is 1. The summed E-state index contributed by atoms with van der Waals surface area (Å²) in [5, 5.41) is 4.57. The number of nitrogens with zero attached hydrogens (tertiary/aromatic N) is 3. The fourth-order valence-electron chi connectivity index (χ4n) is 1.99. The van der Waals surface area contributed by atoms with Crippen LogP contribution in [-0.4, -0.2) is 46.1 Å². The Morgan fingerprint density at radius 1 is 1.44 bits per heavy atom. The number of thioether (sulfide) groups is 1. The number of aryl methyl sites for hydroxylation is 1. The van der Waals surface area contributed by atoms with E-state index in [2.05, 4.69) is 37.0 Å². The monoisotopic (exact) mass is 270 g/mol. The molecular formula is C13H26N4S. The third-order valence-electron chi connectivity index (χ3n) is 3.13. The van der Waals surface area contributed by atoms with Crippen molar-refractivity contribution in [3.05, 3.63) is 18.0 Å². The summed E-state index contributed by atoms with van der Waals surface area (Å²) in [6, 6.07) is 0.149. The summed E-state index contributed by atoms with van der Waals surface area (Å²) < 4.78 is 1.84. The molecule has 0 aromatic carbocycles. The Morgan fingerprint density at radius 3 is 2.56 bits per heavy atom. The van der Waals surface area contributed by atoms with E-state index >= 15 is 0 Å². The average molecular weight is 270 g/mol. The van der Waals surface area contributed by atoms with Crippen molar-refractivity contribution in [3.8, 4) is 0 Å². The average Bonchev–Trinajstić information content (AvgIpc) is 2.75. The lowest BCUT2D eigenvalue weighted by atomic mass is 10.1. The Bertz CT molecular complexity index is 333. The van der Waals surface area contributed by atoms with Gasteiger partial charge in [0.05, 0.1) is 6.20 Å². The predicted octanol–water partition coefficient (Wildman–Crippen LogP) is 1.88. The van der Waals surface area contributed by atoms with Crippen molar-refractivity contribution >= 4 is 11.8 Å². The highest BCUT2D eigenvalue weighted by atomic mass is 32.2. The zero-order valence-corrected chi connectivity index (χ0v) is 12.8. The van der Waals surface area contributed by atoms with Gasteiger partial charge in [0.2, 0.25) is 0 Å². The summed E-state index contributed by atoms with van der Waals surface area (Å²) in [4.78, 5) is 2.44. The van der Waals surface area contributed by atoms with Gasteiger partial charge in [-0.3, -0.25) is 4.68 Å². The fraction of sp³-hybridized carbons (Fsp3) is 0.769. The molecule has 0 amide bonds. The van der Waals surface area contributed by atoms with Crippen LogP contribution in [0.25, 0.3) is 0 Å². The maximum absolute atomic E-state index is 6.09. The molecule has 2 unspecified atom stereocenters. The van der Waals surface area contributed by atoms with Crippen LogP contribution in [0, 0.1) is 0 Å². The van der Waals surface area contributed by atoms with Crippen molar-refractivity contribution in [3.63, 3.8) is 0 Å². The molecule has 1 heterocycles. The first-order valence-corrected chi connectivity index (χ1v) is 7.71. The predicted molar refractivity (Wildman–Crippen MR) is 79.8 cm³/mol. The molecule has 2 N–H and O–H groups in total. The van der Waals surface area contributed by atoms with Crippen LogP contribution in [0.3, 0.4) is 0 Å². The molecule has 0 spiro atoms. The Morgan fingerprint density at radius 2 is 2.11 bits per heavy atom. The van der Waals surface area contributed by atoms with E-state index in [1.54, 1.807) is 0 Å². The maximum Gasteiger partial charge on any atom is 0.0533 e. The highest BCUT2D eigenvalue weighted by Gasteiger charge is 2.18. The zero-order chi connectivity index (χ0) is 13.5. The second kappa shape index (κ2) is 7.81. The van der Waals surface area contributed by atoms with Crippen molar-refractivity contribution in [2.75, 3.05) is 25.4 Å². The van der Waals surface area contributed by atoms with Gasteiger partial charge in [0.15, 0.2) is 0 Å². The molecule has 0 saturated carbocycles. The van der Waals surface area contributed by atoms with Crippen LogP contribution >= 0.6 is 11.8 Å². The number of rotatable bonds is 8. The standard InChI is InChI=1S/C13H26N4S/c1-5-17(6-2)7-8-18-13(11(3)14)12-9-15-16(4)10-12/h9-11,13H,5-8,14H2,1-4H3. The van der Waals surface area contributed by atoms with E-state index in [4.69, 9.17) is 5.73 Å².